The van der Waals surface area contributed by atoms with Gasteiger partial charge in [-0.25, -0.2) is 0 Å². The Balaban J connectivity index is 1.88. The minimum Gasteiger partial charge on any atom is -0.299 e. The van der Waals surface area contributed by atoms with Gasteiger partial charge in [-0.05, 0) is 43.4 Å². The molecule has 0 amide bonds. The Morgan fingerprint density at radius 3 is 2.43 bits per heavy atom. The van der Waals surface area contributed by atoms with Gasteiger partial charge in [0.1, 0.15) is 16.5 Å². The van der Waals surface area contributed by atoms with Gasteiger partial charge in [-0.2, -0.15) is 21.0 Å². The van der Waals surface area contributed by atoms with Gasteiger partial charge >= 0.3 is 0 Å². The van der Waals surface area contributed by atoms with E-state index in [1.54, 1.807) is 0 Å². The summed E-state index contributed by atoms with van der Waals surface area (Å²) in [6, 6.07) is 0. The normalized spacial score (nSPS) is 38.0. The summed E-state index contributed by atoms with van der Waals surface area (Å²) in [4.78, 5) is 24.5. The molecule has 3 aliphatic carbocycles. The lowest BCUT2D eigenvalue weighted by molar-refractivity contribution is -0.128. The van der Waals surface area contributed by atoms with Crippen LogP contribution in [0.4, 0.5) is 0 Å². The van der Waals surface area contributed by atoms with E-state index in [0.29, 0.717) is 25.7 Å². The topological polar surface area (TPSA) is 77.5 Å². The summed E-state index contributed by atoms with van der Waals surface area (Å²) in [6.07, 6.45) is 3.22. The Morgan fingerprint density at radius 2 is 1.91 bits per heavy atom. The van der Waals surface area contributed by atoms with Gasteiger partial charge in [0.2, 0.25) is 0 Å². The zero-order valence-electron chi connectivity index (χ0n) is 13.6. The first-order valence-corrected chi connectivity index (χ1v) is 10.3. The monoisotopic (exact) mass is 360 g/mol. The lowest BCUT2D eigenvalue weighted by Gasteiger charge is -2.40. The number of hydrogen-bond acceptors (Lipinski definition) is 6. The van der Waals surface area contributed by atoms with E-state index in [1.807, 2.05) is 13.8 Å². The van der Waals surface area contributed by atoms with Gasteiger partial charge in [0.15, 0.2) is 5.78 Å². The minimum absolute atomic E-state index is 0.0269. The first-order chi connectivity index (χ1) is 10.6. The molecule has 0 aromatic heterocycles. The summed E-state index contributed by atoms with van der Waals surface area (Å²) in [6.45, 7) is 3.92. The van der Waals surface area contributed by atoms with Crippen LogP contribution in [0, 0.1) is 16.7 Å². The van der Waals surface area contributed by atoms with Crippen molar-refractivity contribution in [3.63, 3.8) is 0 Å². The average molecular weight is 360 g/mol. The fraction of sp³-hybridized carbons (Fsp3) is 0.875. The SMILES string of the molecule is CC1(C)C2CCC1(C(S)S(=O)(=O)OC1CCCCC1=O)C(=O)C2. The van der Waals surface area contributed by atoms with Gasteiger partial charge in [0, 0.05) is 12.8 Å². The summed E-state index contributed by atoms with van der Waals surface area (Å²) in [7, 11) is -4.10. The third-order valence-electron chi connectivity index (χ3n) is 6.43. The third kappa shape index (κ3) is 2.42. The summed E-state index contributed by atoms with van der Waals surface area (Å²) < 4.78 is 29.5. The minimum atomic E-state index is -4.10. The molecule has 0 aromatic rings. The Hall–Kier alpha value is -0.400. The summed E-state index contributed by atoms with van der Waals surface area (Å²) >= 11 is 4.36. The highest BCUT2D eigenvalue weighted by Gasteiger charge is 2.69. The summed E-state index contributed by atoms with van der Waals surface area (Å²) in [5.41, 5.74) is -1.42. The van der Waals surface area contributed by atoms with Gasteiger partial charge in [-0.15, -0.1) is 0 Å². The predicted molar refractivity (Wildman–Crippen MR) is 88.6 cm³/mol. The van der Waals surface area contributed by atoms with E-state index >= 15 is 0 Å². The van der Waals surface area contributed by atoms with E-state index in [4.69, 9.17) is 4.18 Å². The molecule has 130 valence electrons. The quantitative estimate of drug-likeness (QED) is 0.616. The highest BCUT2D eigenvalue weighted by atomic mass is 32.3. The maximum atomic E-state index is 12.7. The maximum absolute atomic E-state index is 12.7. The van der Waals surface area contributed by atoms with Crippen molar-refractivity contribution in [2.45, 2.75) is 69.5 Å². The van der Waals surface area contributed by atoms with E-state index in [1.165, 1.54) is 0 Å². The van der Waals surface area contributed by atoms with Crippen LogP contribution in [0.25, 0.3) is 0 Å². The van der Waals surface area contributed by atoms with Crippen molar-refractivity contribution >= 4 is 34.3 Å². The maximum Gasteiger partial charge on any atom is 0.281 e. The van der Waals surface area contributed by atoms with Crippen LogP contribution in [-0.2, 0) is 23.9 Å². The van der Waals surface area contributed by atoms with Crippen LogP contribution < -0.4 is 0 Å². The number of hydrogen-bond donors (Lipinski definition) is 1. The van der Waals surface area contributed by atoms with Crippen molar-refractivity contribution in [1.29, 1.82) is 0 Å². The van der Waals surface area contributed by atoms with Gasteiger partial charge < -0.3 is 0 Å². The van der Waals surface area contributed by atoms with Gasteiger partial charge in [-0.3, -0.25) is 13.8 Å². The van der Waals surface area contributed by atoms with Crippen molar-refractivity contribution in [2.75, 3.05) is 0 Å². The molecule has 0 heterocycles. The molecular formula is C16H24O5S2. The lowest BCUT2D eigenvalue weighted by atomic mass is 9.70. The molecule has 23 heavy (non-hydrogen) atoms. The second-order valence-corrected chi connectivity index (χ2v) is 10.2. The van der Waals surface area contributed by atoms with Crippen molar-refractivity contribution in [2.24, 2.45) is 16.7 Å². The van der Waals surface area contributed by atoms with E-state index in [9.17, 15) is 18.0 Å². The predicted octanol–water partition coefficient (Wildman–Crippen LogP) is 2.50. The van der Waals surface area contributed by atoms with E-state index in [2.05, 4.69) is 12.6 Å². The lowest BCUT2D eigenvalue weighted by Crippen LogP contribution is -2.49. The Kier molecular flexibility index (Phi) is 4.21. The summed E-state index contributed by atoms with van der Waals surface area (Å²) in [5.74, 6) is 0.0104. The second kappa shape index (κ2) is 5.56. The largest absolute Gasteiger partial charge is 0.299 e. The smallest absolute Gasteiger partial charge is 0.281 e. The van der Waals surface area contributed by atoms with Crippen LogP contribution >= 0.6 is 12.6 Å². The highest BCUT2D eigenvalue weighted by molar-refractivity contribution is 8.02. The number of fused-ring (bicyclic) bond motifs is 2. The number of ketones is 2. The number of Topliss-reactive ketones (excluding diaryl/α,β-unsaturated/α-hetero) is 2. The fourth-order valence-corrected chi connectivity index (χ4v) is 7.24. The first-order valence-electron chi connectivity index (χ1n) is 8.29. The number of carbonyl (C=O) groups excluding carboxylic acids is 2. The molecule has 3 saturated carbocycles. The highest BCUT2D eigenvalue weighted by Crippen LogP contribution is 2.67. The number of rotatable bonds is 4. The standard InChI is InChI=1S/C16H24O5S2/c1-15(2)10-7-8-16(15,13(18)9-10)14(22)23(19,20)21-12-6-4-3-5-11(12)17/h10,12,14,22H,3-9H2,1-2H3. The van der Waals surface area contributed by atoms with Gasteiger partial charge in [0.05, 0.1) is 5.41 Å². The van der Waals surface area contributed by atoms with Gasteiger partial charge in [-0.1, -0.05) is 13.8 Å². The Labute approximate surface area is 143 Å². The van der Waals surface area contributed by atoms with Crippen molar-refractivity contribution < 1.29 is 22.2 Å². The molecule has 0 radical (unpaired) electrons. The third-order valence-corrected chi connectivity index (χ3v) is 9.10. The van der Waals surface area contributed by atoms with Crippen LogP contribution in [0.15, 0.2) is 0 Å². The molecule has 3 fully saturated rings. The molecule has 0 N–H and O–H groups in total. The molecule has 5 nitrogen and oxygen atoms in total. The summed E-state index contributed by atoms with van der Waals surface area (Å²) in [5, 5.41) is 0. The first kappa shape index (κ1) is 17.4. The molecule has 3 aliphatic rings. The molecule has 4 atom stereocenters. The van der Waals surface area contributed by atoms with Crippen LogP contribution in [0.2, 0.25) is 0 Å². The van der Waals surface area contributed by atoms with Crippen LogP contribution in [0.3, 0.4) is 0 Å². The molecule has 0 aromatic carbocycles. The van der Waals surface area contributed by atoms with Crippen molar-refractivity contribution in [3.8, 4) is 0 Å². The van der Waals surface area contributed by atoms with Gasteiger partial charge in [0.25, 0.3) is 10.1 Å². The van der Waals surface area contributed by atoms with Crippen molar-refractivity contribution in [1.82, 2.24) is 0 Å². The molecule has 0 saturated heterocycles. The zero-order chi connectivity index (χ0) is 17.0. The molecular weight excluding hydrogens is 336 g/mol. The second-order valence-electron chi connectivity index (χ2n) is 7.70. The zero-order valence-corrected chi connectivity index (χ0v) is 15.3. The van der Waals surface area contributed by atoms with E-state index in [0.717, 1.165) is 19.3 Å². The average Bonchev–Trinajstić information content (AvgIpc) is 2.83. The van der Waals surface area contributed by atoms with E-state index < -0.39 is 31.6 Å². The fourth-order valence-electron chi connectivity index (χ4n) is 4.80. The van der Waals surface area contributed by atoms with Crippen molar-refractivity contribution in [3.05, 3.63) is 0 Å². The molecule has 4 unspecified atom stereocenters. The number of thiol groups is 1. The Bertz CT molecular complexity index is 639. The number of carbonyl (C=O) groups is 2. The van der Waals surface area contributed by atoms with Crippen LogP contribution in [0.5, 0.6) is 0 Å². The van der Waals surface area contributed by atoms with E-state index in [-0.39, 0.29) is 17.5 Å². The molecule has 3 rings (SSSR count). The Morgan fingerprint density at radius 1 is 1.22 bits per heavy atom. The molecule has 0 aliphatic heterocycles. The van der Waals surface area contributed by atoms with Crippen LogP contribution in [0.1, 0.15) is 58.8 Å². The molecule has 7 heteroatoms. The molecule has 2 bridgehead atoms. The van der Waals surface area contributed by atoms with Crippen LogP contribution in [-0.4, -0.2) is 30.7 Å². The molecule has 0 spiro atoms.